The number of hydrogen-bond donors (Lipinski definition) is 2. The number of hydrogen-bond acceptors (Lipinski definition) is 3. The molecule has 0 bridgehead atoms. The van der Waals surface area contributed by atoms with Gasteiger partial charge in [-0.3, -0.25) is 9.59 Å². The van der Waals surface area contributed by atoms with Gasteiger partial charge < -0.3 is 10.4 Å². The topological polar surface area (TPSA) is 66.4 Å². The Hall–Kier alpha value is -1.20. The number of carbonyl (C=O) groups is 2. The number of amides is 1. The van der Waals surface area contributed by atoms with Crippen LogP contribution in [-0.2, 0) is 9.59 Å². The second-order valence-electron chi connectivity index (χ2n) is 5.17. The Morgan fingerprint density at radius 2 is 2.00 bits per heavy atom. The molecule has 1 aromatic rings. The van der Waals surface area contributed by atoms with E-state index in [0.29, 0.717) is 30.0 Å². The number of rotatable bonds is 6. The van der Waals surface area contributed by atoms with Crippen LogP contribution in [0.1, 0.15) is 25.7 Å². The highest BCUT2D eigenvalue weighted by Crippen LogP contribution is 2.26. The van der Waals surface area contributed by atoms with Gasteiger partial charge in [0.1, 0.15) is 0 Å². The maximum Gasteiger partial charge on any atom is 0.306 e. The zero-order chi connectivity index (χ0) is 15.2. The summed E-state index contributed by atoms with van der Waals surface area (Å²) in [6, 6.07) is 7.53. The SMILES string of the molecule is O=C(CCSc1ccc(Cl)cc1)N[C@H]1CC[C@@H](C(=O)O)C1. The lowest BCUT2D eigenvalue weighted by molar-refractivity contribution is -0.141. The van der Waals surface area contributed by atoms with E-state index < -0.39 is 5.97 Å². The fraction of sp³-hybridized carbons (Fsp3) is 0.467. The molecule has 21 heavy (non-hydrogen) atoms. The molecule has 1 aliphatic carbocycles. The lowest BCUT2D eigenvalue weighted by Crippen LogP contribution is -2.33. The van der Waals surface area contributed by atoms with E-state index in [4.69, 9.17) is 16.7 Å². The van der Waals surface area contributed by atoms with Crippen LogP contribution in [0, 0.1) is 5.92 Å². The molecule has 0 spiro atoms. The van der Waals surface area contributed by atoms with Crippen LogP contribution in [0.15, 0.2) is 29.2 Å². The fourth-order valence-electron chi connectivity index (χ4n) is 2.43. The number of halogens is 1. The molecule has 0 aliphatic heterocycles. The van der Waals surface area contributed by atoms with Crippen molar-refractivity contribution in [1.29, 1.82) is 0 Å². The number of benzene rings is 1. The van der Waals surface area contributed by atoms with Crippen molar-refractivity contribution < 1.29 is 14.7 Å². The van der Waals surface area contributed by atoms with Gasteiger partial charge in [0.15, 0.2) is 0 Å². The molecule has 2 atom stereocenters. The van der Waals surface area contributed by atoms with E-state index in [1.807, 2.05) is 24.3 Å². The highest BCUT2D eigenvalue weighted by atomic mass is 35.5. The van der Waals surface area contributed by atoms with Crippen LogP contribution in [0.3, 0.4) is 0 Å². The largest absolute Gasteiger partial charge is 0.481 e. The molecule has 6 heteroatoms. The summed E-state index contributed by atoms with van der Waals surface area (Å²) in [5, 5.41) is 12.5. The highest BCUT2D eigenvalue weighted by molar-refractivity contribution is 7.99. The summed E-state index contributed by atoms with van der Waals surface area (Å²) in [5.74, 6) is -0.376. The molecule has 0 radical (unpaired) electrons. The average Bonchev–Trinajstić information content (AvgIpc) is 2.90. The maximum absolute atomic E-state index is 11.8. The van der Waals surface area contributed by atoms with E-state index in [1.54, 1.807) is 11.8 Å². The van der Waals surface area contributed by atoms with Crippen LogP contribution in [0.4, 0.5) is 0 Å². The predicted molar refractivity (Wildman–Crippen MR) is 83.7 cm³/mol. The Balaban J connectivity index is 1.66. The van der Waals surface area contributed by atoms with Gasteiger partial charge in [-0.15, -0.1) is 11.8 Å². The molecule has 1 saturated carbocycles. The average molecular weight is 328 g/mol. The van der Waals surface area contributed by atoms with Gasteiger partial charge >= 0.3 is 5.97 Å². The third kappa shape index (κ3) is 5.25. The molecule has 114 valence electrons. The van der Waals surface area contributed by atoms with Crippen molar-refractivity contribution in [2.45, 2.75) is 36.6 Å². The van der Waals surface area contributed by atoms with E-state index in [9.17, 15) is 9.59 Å². The molecular formula is C15H18ClNO3S. The Kier molecular flexibility index (Phi) is 5.94. The van der Waals surface area contributed by atoms with Gasteiger partial charge in [-0.05, 0) is 43.5 Å². The van der Waals surface area contributed by atoms with E-state index in [1.165, 1.54) is 0 Å². The van der Waals surface area contributed by atoms with Gasteiger partial charge in [0.05, 0.1) is 5.92 Å². The van der Waals surface area contributed by atoms with Crippen LogP contribution in [-0.4, -0.2) is 28.8 Å². The van der Waals surface area contributed by atoms with Crippen molar-refractivity contribution in [3.63, 3.8) is 0 Å². The van der Waals surface area contributed by atoms with Crippen LogP contribution in [0.25, 0.3) is 0 Å². The Bertz CT molecular complexity index is 506. The molecular weight excluding hydrogens is 310 g/mol. The second-order valence-corrected chi connectivity index (χ2v) is 6.77. The van der Waals surface area contributed by atoms with Crippen LogP contribution in [0.2, 0.25) is 5.02 Å². The first-order chi connectivity index (χ1) is 10.0. The Morgan fingerprint density at radius 1 is 1.29 bits per heavy atom. The molecule has 0 saturated heterocycles. The van der Waals surface area contributed by atoms with Crippen molar-refractivity contribution in [3.8, 4) is 0 Å². The van der Waals surface area contributed by atoms with Crippen molar-refractivity contribution >= 4 is 35.2 Å². The Labute approximate surface area is 133 Å². The molecule has 0 heterocycles. The number of carboxylic acids is 1. The lowest BCUT2D eigenvalue weighted by Gasteiger charge is -2.12. The van der Waals surface area contributed by atoms with Crippen LogP contribution >= 0.6 is 23.4 Å². The molecule has 1 aromatic carbocycles. The number of aliphatic carboxylic acids is 1. The summed E-state index contributed by atoms with van der Waals surface area (Å²) in [6.07, 6.45) is 2.39. The zero-order valence-electron chi connectivity index (χ0n) is 11.5. The number of carboxylic acid groups (broad SMARTS) is 1. The summed E-state index contributed by atoms with van der Waals surface area (Å²) in [4.78, 5) is 23.8. The van der Waals surface area contributed by atoms with Crippen LogP contribution in [0.5, 0.6) is 0 Å². The normalized spacial score (nSPS) is 21.2. The van der Waals surface area contributed by atoms with E-state index in [-0.39, 0.29) is 17.9 Å². The smallest absolute Gasteiger partial charge is 0.306 e. The van der Waals surface area contributed by atoms with Gasteiger partial charge in [0, 0.05) is 28.1 Å². The van der Waals surface area contributed by atoms with Crippen molar-refractivity contribution in [2.24, 2.45) is 5.92 Å². The predicted octanol–water partition coefficient (Wildman–Crippen LogP) is 3.19. The third-order valence-corrected chi connectivity index (χ3v) is 4.82. The van der Waals surface area contributed by atoms with Crippen molar-refractivity contribution in [1.82, 2.24) is 5.32 Å². The molecule has 0 aromatic heterocycles. The Morgan fingerprint density at radius 3 is 2.62 bits per heavy atom. The summed E-state index contributed by atoms with van der Waals surface area (Å²) in [5.41, 5.74) is 0. The molecule has 4 nitrogen and oxygen atoms in total. The summed E-state index contributed by atoms with van der Waals surface area (Å²) in [6.45, 7) is 0. The highest BCUT2D eigenvalue weighted by Gasteiger charge is 2.30. The van der Waals surface area contributed by atoms with E-state index in [0.717, 1.165) is 11.3 Å². The summed E-state index contributed by atoms with van der Waals surface area (Å²) < 4.78 is 0. The monoisotopic (exact) mass is 327 g/mol. The second kappa shape index (κ2) is 7.71. The number of nitrogens with one attached hydrogen (secondary N) is 1. The minimum Gasteiger partial charge on any atom is -0.481 e. The first kappa shape index (κ1) is 16.2. The number of thioether (sulfide) groups is 1. The van der Waals surface area contributed by atoms with Gasteiger partial charge in [-0.1, -0.05) is 11.6 Å². The zero-order valence-corrected chi connectivity index (χ0v) is 13.1. The van der Waals surface area contributed by atoms with Gasteiger partial charge in [0.25, 0.3) is 0 Å². The molecule has 2 rings (SSSR count). The van der Waals surface area contributed by atoms with Crippen molar-refractivity contribution in [3.05, 3.63) is 29.3 Å². The quantitative estimate of drug-likeness (QED) is 0.787. The minimum atomic E-state index is -0.759. The molecule has 0 unspecified atom stereocenters. The van der Waals surface area contributed by atoms with E-state index >= 15 is 0 Å². The summed E-state index contributed by atoms with van der Waals surface area (Å²) in [7, 11) is 0. The van der Waals surface area contributed by atoms with Gasteiger partial charge in [-0.2, -0.15) is 0 Å². The lowest BCUT2D eigenvalue weighted by atomic mass is 10.1. The maximum atomic E-state index is 11.8. The van der Waals surface area contributed by atoms with Crippen LogP contribution < -0.4 is 5.32 Å². The molecule has 1 aliphatic rings. The number of carbonyl (C=O) groups excluding carboxylic acids is 1. The molecule has 1 fully saturated rings. The molecule has 1 amide bonds. The van der Waals surface area contributed by atoms with Crippen molar-refractivity contribution in [2.75, 3.05) is 5.75 Å². The first-order valence-corrected chi connectivity index (χ1v) is 8.31. The third-order valence-electron chi connectivity index (χ3n) is 3.56. The molecule has 2 N–H and O–H groups in total. The first-order valence-electron chi connectivity index (χ1n) is 6.95. The van der Waals surface area contributed by atoms with Gasteiger partial charge in [0.2, 0.25) is 5.91 Å². The fourth-order valence-corrected chi connectivity index (χ4v) is 3.41. The van der Waals surface area contributed by atoms with E-state index in [2.05, 4.69) is 5.32 Å². The van der Waals surface area contributed by atoms with Gasteiger partial charge in [-0.25, -0.2) is 0 Å². The summed E-state index contributed by atoms with van der Waals surface area (Å²) >= 11 is 7.42. The minimum absolute atomic E-state index is 0.00694. The standard InChI is InChI=1S/C15H18ClNO3S/c16-11-2-5-13(6-3-11)21-8-7-14(18)17-12-4-1-10(9-12)15(19)20/h2-3,5-6,10,12H,1,4,7-9H2,(H,17,18)(H,19,20)/t10-,12+/m1/s1.